The predicted octanol–water partition coefficient (Wildman–Crippen LogP) is 7.36. The van der Waals surface area contributed by atoms with Gasteiger partial charge in [-0.3, -0.25) is 0 Å². The van der Waals surface area contributed by atoms with E-state index in [2.05, 4.69) is 46.4 Å². The van der Waals surface area contributed by atoms with Crippen molar-refractivity contribution < 1.29 is 9.47 Å². The van der Waals surface area contributed by atoms with Crippen molar-refractivity contribution in [1.29, 1.82) is 0 Å². The summed E-state index contributed by atoms with van der Waals surface area (Å²) in [7, 11) is 3.58. The predicted molar refractivity (Wildman–Crippen MR) is 137 cm³/mol. The number of aromatic amines is 2. The molecule has 0 saturated heterocycles. The summed E-state index contributed by atoms with van der Waals surface area (Å²) in [6.07, 6.45) is 11.5. The minimum Gasteiger partial charge on any atom is -0.495 e. The molecule has 2 aromatic carbocycles. The van der Waals surface area contributed by atoms with Crippen molar-refractivity contribution in [2.24, 2.45) is 5.92 Å². The highest BCUT2D eigenvalue weighted by Crippen LogP contribution is 2.57. The maximum Gasteiger partial charge on any atom is 0.142 e. The zero-order chi connectivity index (χ0) is 22.9. The Morgan fingerprint density at radius 1 is 0.794 bits per heavy atom. The van der Waals surface area contributed by atoms with Crippen LogP contribution in [0.15, 0.2) is 36.4 Å². The Kier molecular flexibility index (Phi) is 4.56. The lowest BCUT2D eigenvalue weighted by molar-refractivity contribution is 0.415. The number of para-hydroxylation sites is 2. The second-order valence-corrected chi connectivity index (χ2v) is 10.9. The van der Waals surface area contributed by atoms with Crippen LogP contribution >= 0.6 is 0 Å². The third-order valence-corrected chi connectivity index (χ3v) is 9.31. The molecule has 34 heavy (non-hydrogen) atoms. The summed E-state index contributed by atoms with van der Waals surface area (Å²) in [5.74, 6) is 2.96. The highest BCUT2D eigenvalue weighted by atomic mass is 16.5. The van der Waals surface area contributed by atoms with E-state index < -0.39 is 0 Å². The van der Waals surface area contributed by atoms with Crippen molar-refractivity contribution in [3.8, 4) is 11.5 Å². The second kappa shape index (κ2) is 7.56. The first-order valence-electron chi connectivity index (χ1n) is 13.1. The first-order valence-corrected chi connectivity index (χ1v) is 13.1. The molecule has 0 bridgehead atoms. The van der Waals surface area contributed by atoms with Crippen LogP contribution in [0.25, 0.3) is 21.8 Å². The number of fused-ring (bicyclic) bond motifs is 7. The normalized spacial score (nSPS) is 21.8. The SMILES string of the molecule is COc1cccc2c3c([nH]c12)C(C1CCCC1)c1c([nH]c2c(OC)cccc12)C1(CCCC1)C3. The van der Waals surface area contributed by atoms with Crippen LogP contribution in [0.2, 0.25) is 0 Å². The second-order valence-electron chi connectivity index (χ2n) is 10.9. The molecular weight excluding hydrogens is 420 g/mol. The van der Waals surface area contributed by atoms with E-state index >= 15 is 0 Å². The largest absolute Gasteiger partial charge is 0.495 e. The number of nitrogens with one attached hydrogen (secondary N) is 2. The summed E-state index contributed by atoms with van der Waals surface area (Å²) in [5, 5.41) is 2.71. The fraction of sp³-hybridized carbons (Fsp3) is 0.467. The Morgan fingerprint density at radius 3 is 2.12 bits per heavy atom. The molecule has 4 nitrogen and oxygen atoms in total. The van der Waals surface area contributed by atoms with Gasteiger partial charge in [0, 0.05) is 33.5 Å². The Balaban J connectivity index is 1.60. The first-order chi connectivity index (χ1) is 16.7. The van der Waals surface area contributed by atoms with Crippen LogP contribution < -0.4 is 9.47 Å². The molecule has 0 aliphatic heterocycles. The third kappa shape index (κ3) is 2.71. The van der Waals surface area contributed by atoms with Crippen molar-refractivity contribution in [2.45, 2.75) is 69.1 Å². The molecule has 1 unspecified atom stereocenters. The van der Waals surface area contributed by atoms with E-state index in [4.69, 9.17) is 9.47 Å². The van der Waals surface area contributed by atoms with Gasteiger partial charge in [0.25, 0.3) is 0 Å². The number of rotatable bonds is 3. The molecule has 7 rings (SSSR count). The van der Waals surface area contributed by atoms with Gasteiger partial charge in [-0.2, -0.15) is 0 Å². The Labute approximate surface area is 201 Å². The molecule has 4 heteroatoms. The lowest BCUT2D eigenvalue weighted by Gasteiger charge is -2.29. The lowest BCUT2D eigenvalue weighted by atomic mass is 9.75. The van der Waals surface area contributed by atoms with Gasteiger partial charge in [0.05, 0.1) is 25.3 Å². The average molecular weight is 455 g/mol. The molecule has 3 aliphatic rings. The fourth-order valence-electron chi connectivity index (χ4n) is 7.83. The topological polar surface area (TPSA) is 50.0 Å². The Morgan fingerprint density at radius 2 is 1.44 bits per heavy atom. The molecule has 2 fully saturated rings. The van der Waals surface area contributed by atoms with Gasteiger partial charge in [-0.15, -0.1) is 0 Å². The number of benzene rings is 2. The number of H-pyrrole nitrogens is 2. The van der Waals surface area contributed by atoms with Gasteiger partial charge in [0.2, 0.25) is 0 Å². The van der Waals surface area contributed by atoms with Crippen LogP contribution in [-0.2, 0) is 11.8 Å². The summed E-state index contributed by atoms with van der Waals surface area (Å²) in [6, 6.07) is 13.2. The van der Waals surface area contributed by atoms with Gasteiger partial charge < -0.3 is 19.4 Å². The van der Waals surface area contributed by atoms with Gasteiger partial charge in [-0.1, -0.05) is 49.9 Å². The quantitative estimate of drug-likeness (QED) is 0.340. The standard InChI is InChI=1S/C30H34N2O2/c1-33-22-13-7-11-19-21-17-30(15-5-6-16-30)29-25(20-12-8-14-23(34-2)27(20)32-29)24(18-9-3-4-10-18)28(21)31-26(19)22/h7-8,11-14,18,24,31-32H,3-6,9-10,15-17H2,1-2H3. The number of ether oxygens (including phenoxy) is 2. The monoisotopic (exact) mass is 454 g/mol. The van der Waals surface area contributed by atoms with E-state index in [0.717, 1.165) is 17.9 Å². The summed E-state index contributed by atoms with van der Waals surface area (Å²) >= 11 is 0. The van der Waals surface area contributed by atoms with E-state index in [0.29, 0.717) is 11.8 Å². The van der Waals surface area contributed by atoms with Gasteiger partial charge in [0.15, 0.2) is 0 Å². The summed E-state index contributed by atoms with van der Waals surface area (Å²) in [6.45, 7) is 0. The molecule has 2 saturated carbocycles. The molecule has 0 radical (unpaired) electrons. The molecule has 1 atom stereocenters. The maximum absolute atomic E-state index is 5.84. The molecule has 2 heterocycles. The minimum absolute atomic E-state index is 0.166. The number of aromatic nitrogens is 2. The van der Waals surface area contributed by atoms with Crippen LogP contribution in [0.4, 0.5) is 0 Å². The highest BCUT2D eigenvalue weighted by Gasteiger charge is 2.47. The van der Waals surface area contributed by atoms with Crippen molar-refractivity contribution in [3.05, 3.63) is 58.9 Å². The van der Waals surface area contributed by atoms with E-state index in [1.807, 2.05) is 0 Å². The summed E-state index contributed by atoms with van der Waals surface area (Å²) in [5.41, 5.74) is 8.55. The van der Waals surface area contributed by atoms with Gasteiger partial charge in [-0.05, 0) is 61.3 Å². The highest BCUT2D eigenvalue weighted by molar-refractivity contribution is 5.94. The Hall–Kier alpha value is -2.88. The minimum atomic E-state index is 0.166. The van der Waals surface area contributed by atoms with Crippen molar-refractivity contribution in [1.82, 2.24) is 9.97 Å². The van der Waals surface area contributed by atoms with E-state index in [1.165, 1.54) is 90.1 Å². The third-order valence-electron chi connectivity index (χ3n) is 9.31. The molecule has 2 aromatic heterocycles. The smallest absolute Gasteiger partial charge is 0.142 e. The van der Waals surface area contributed by atoms with Gasteiger partial charge in [0.1, 0.15) is 11.5 Å². The van der Waals surface area contributed by atoms with Gasteiger partial charge in [-0.25, -0.2) is 0 Å². The van der Waals surface area contributed by atoms with Crippen LogP contribution in [0.1, 0.15) is 79.8 Å². The zero-order valence-corrected chi connectivity index (χ0v) is 20.3. The number of hydrogen-bond acceptors (Lipinski definition) is 2. The van der Waals surface area contributed by atoms with Crippen LogP contribution in [0, 0.1) is 5.92 Å². The van der Waals surface area contributed by atoms with Crippen molar-refractivity contribution >= 4 is 21.8 Å². The van der Waals surface area contributed by atoms with Crippen LogP contribution in [-0.4, -0.2) is 24.2 Å². The van der Waals surface area contributed by atoms with Crippen molar-refractivity contribution in [3.63, 3.8) is 0 Å². The number of hydrogen-bond donors (Lipinski definition) is 2. The van der Waals surface area contributed by atoms with E-state index in [1.54, 1.807) is 19.8 Å². The summed E-state index contributed by atoms with van der Waals surface area (Å²) in [4.78, 5) is 7.96. The molecule has 1 spiro atoms. The Bertz CT molecular complexity index is 1380. The average Bonchev–Trinajstić information content (AvgIpc) is 3.66. The molecule has 176 valence electrons. The molecule has 3 aliphatic carbocycles. The molecule has 0 amide bonds. The van der Waals surface area contributed by atoms with Crippen LogP contribution in [0.5, 0.6) is 11.5 Å². The summed E-state index contributed by atoms with van der Waals surface area (Å²) < 4.78 is 11.7. The fourth-order valence-corrected chi connectivity index (χ4v) is 7.83. The number of methoxy groups -OCH3 is 2. The van der Waals surface area contributed by atoms with Crippen molar-refractivity contribution in [2.75, 3.05) is 14.2 Å². The van der Waals surface area contributed by atoms with E-state index in [9.17, 15) is 0 Å². The molecular formula is C30H34N2O2. The maximum atomic E-state index is 5.84. The zero-order valence-electron chi connectivity index (χ0n) is 20.3. The van der Waals surface area contributed by atoms with Crippen LogP contribution in [0.3, 0.4) is 0 Å². The molecule has 4 aromatic rings. The molecule has 2 N–H and O–H groups in total. The first kappa shape index (κ1) is 20.5. The van der Waals surface area contributed by atoms with Gasteiger partial charge >= 0.3 is 0 Å². The lowest BCUT2D eigenvalue weighted by Crippen LogP contribution is -2.26. The van der Waals surface area contributed by atoms with E-state index in [-0.39, 0.29) is 5.41 Å².